The number of hydrogen-bond donors (Lipinski definition) is 2. The third-order valence-corrected chi connectivity index (χ3v) is 5.71. The van der Waals surface area contributed by atoms with Gasteiger partial charge in [0.25, 0.3) is 11.8 Å². The largest absolute Gasteiger partial charge is 0.349 e. The van der Waals surface area contributed by atoms with Crippen molar-refractivity contribution in [3.63, 3.8) is 0 Å². The van der Waals surface area contributed by atoms with Crippen molar-refractivity contribution in [2.75, 3.05) is 0 Å². The first-order valence-corrected chi connectivity index (χ1v) is 10.8. The summed E-state index contributed by atoms with van der Waals surface area (Å²) >= 11 is 3.44. The summed E-state index contributed by atoms with van der Waals surface area (Å²) in [7, 11) is 0. The standard InChI is InChI=1S/C25H23BrN2O2/c1-16-5-6-20(25(30)28-22-11-12-22)14-23(16)18-7-9-19(10-8-18)24(29)27-15-17-3-2-4-21(26)13-17/h2-10,13-14,22H,11-12,15H2,1H3,(H,27,29)(H,28,30). The first-order valence-electron chi connectivity index (χ1n) is 10.0. The lowest BCUT2D eigenvalue weighted by Crippen LogP contribution is -2.25. The molecule has 0 bridgehead atoms. The molecule has 4 rings (SSSR count). The molecular weight excluding hydrogens is 440 g/mol. The Bertz CT molecular complexity index is 1090. The van der Waals surface area contributed by atoms with E-state index in [0.29, 0.717) is 23.7 Å². The second-order valence-corrected chi connectivity index (χ2v) is 8.58. The minimum Gasteiger partial charge on any atom is -0.349 e. The average Bonchev–Trinajstić information content (AvgIpc) is 3.56. The van der Waals surface area contributed by atoms with E-state index in [9.17, 15) is 9.59 Å². The third kappa shape index (κ3) is 4.97. The van der Waals surface area contributed by atoms with Crippen LogP contribution in [0.3, 0.4) is 0 Å². The highest BCUT2D eigenvalue weighted by Crippen LogP contribution is 2.26. The summed E-state index contributed by atoms with van der Waals surface area (Å²) in [6.07, 6.45) is 2.13. The second-order valence-electron chi connectivity index (χ2n) is 7.67. The molecule has 0 saturated heterocycles. The van der Waals surface area contributed by atoms with Crippen LogP contribution in [0, 0.1) is 6.92 Å². The maximum Gasteiger partial charge on any atom is 0.251 e. The highest BCUT2D eigenvalue weighted by Gasteiger charge is 2.24. The van der Waals surface area contributed by atoms with Crippen molar-refractivity contribution >= 4 is 27.7 Å². The Morgan fingerprint density at radius 2 is 1.67 bits per heavy atom. The fraction of sp³-hybridized carbons (Fsp3) is 0.200. The first kappa shape index (κ1) is 20.4. The van der Waals surface area contributed by atoms with Crippen LogP contribution in [-0.4, -0.2) is 17.9 Å². The number of carbonyl (C=O) groups is 2. The summed E-state index contributed by atoms with van der Waals surface area (Å²) in [4.78, 5) is 24.9. The van der Waals surface area contributed by atoms with E-state index in [2.05, 4.69) is 26.6 Å². The van der Waals surface area contributed by atoms with Crippen molar-refractivity contribution < 1.29 is 9.59 Å². The van der Waals surface area contributed by atoms with Gasteiger partial charge in [-0.15, -0.1) is 0 Å². The zero-order valence-electron chi connectivity index (χ0n) is 16.7. The van der Waals surface area contributed by atoms with Gasteiger partial charge >= 0.3 is 0 Å². The van der Waals surface area contributed by atoms with Crippen LogP contribution < -0.4 is 10.6 Å². The molecule has 1 aliphatic rings. The minimum atomic E-state index is -0.115. The number of nitrogens with one attached hydrogen (secondary N) is 2. The van der Waals surface area contributed by atoms with Gasteiger partial charge in [0.2, 0.25) is 0 Å². The fourth-order valence-corrected chi connectivity index (χ4v) is 3.75. The van der Waals surface area contributed by atoms with Gasteiger partial charge in [0, 0.05) is 28.2 Å². The van der Waals surface area contributed by atoms with Gasteiger partial charge in [0.1, 0.15) is 0 Å². The molecule has 3 aromatic carbocycles. The Balaban J connectivity index is 1.46. The van der Waals surface area contributed by atoms with E-state index in [1.807, 2.05) is 73.7 Å². The number of amides is 2. The summed E-state index contributed by atoms with van der Waals surface area (Å²) < 4.78 is 0.988. The molecule has 0 aliphatic heterocycles. The van der Waals surface area contributed by atoms with Gasteiger partial charge < -0.3 is 10.6 Å². The second kappa shape index (κ2) is 8.84. The lowest BCUT2D eigenvalue weighted by molar-refractivity contribution is 0.0943. The molecule has 0 unspecified atom stereocenters. The lowest BCUT2D eigenvalue weighted by Gasteiger charge is -2.11. The van der Waals surface area contributed by atoms with Gasteiger partial charge in [0.15, 0.2) is 0 Å². The minimum absolute atomic E-state index is 0.0257. The van der Waals surface area contributed by atoms with Gasteiger partial charge in [-0.3, -0.25) is 9.59 Å². The summed E-state index contributed by atoms with van der Waals surface area (Å²) in [5.41, 5.74) is 5.38. The molecule has 1 aliphatic carbocycles. The third-order valence-electron chi connectivity index (χ3n) is 5.21. The molecule has 1 saturated carbocycles. The van der Waals surface area contributed by atoms with Crippen molar-refractivity contribution in [1.82, 2.24) is 10.6 Å². The quantitative estimate of drug-likeness (QED) is 0.525. The topological polar surface area (TPSA) is 58.2 Å². The van der Waals surface area contributed by atoms with Gasteiger partial charge in [0.05, 0.1) is 0 Å². The zero-order chi connectivity index (χ0) is 21.1. The van der Waals surface area contributed by atoms with Crippen molar-refractivity contribution in [1.29, 1.82) is 0 Å². The number of halogens is 1. The number of carbonyl (C=O) groups excluding carboxylic acids is 2. The van der Waals surface area contributed by atoms with E-state index < -0.39 is 0 Å². The van der Waals surface area contributed by atoms with Crippen molar-refractivity contribution in [3.8, 4) is 11.1 Å². The van der Waals surface area contributed by atoms with Crippen LogP contribution in [0.1, 0.15) is 44.7 Å². The smallest absolute Gasteiger partial charge is 0.251 e. The predicted octanol–water partition coefficient (Wildman–Crippen LogP) is 5.25. The molecule has 1 fully saturated rings. The number of benzene rings is 3. The summed E-state index contributed by atoms with van der Waals surface area (Å²) in [6, 6.07) is 21.4. The summed E-state index contributed by atoms with van der Waals surface area (Å²) in [5, 5.41) is 5.98. The Kier molecular flexibility index (Phi) is 6.00. The molecule has 30 heavy (non-hydrogen) atoms. The van der Waals surface area contributed by atoms with Gasteiger partial charge in [-0.05, 0) is 78.4 Å². The number of rotatable bonds is 6. The highest BCUT2D eigenvalue weighted by atomic mass is 79.9. The van der Waals surface area contributed by atoms with Crippen LogP contribution in [0.5, 0.6) is 0 Å². The van der Waals surface area contributed by atoms with Crippen LogP contribution in [0.15, 0.2) is 71.2 Å². The molecule has 0 spiro atoms. The molecule has 0 heterocycles. The van der Waals surface area contributed by atoms with Crippen LogP contribution in [-0.2, 0) is 6.54 Å². The number of hydrogen-bond acceptors (Lipinski definition) is 2. The van der Waals surface area contributed by atoms with E-state index >= 15 is 0 Å². The molecule has 2 amide bonds. The van der Waals surface area contributed by atoms with Crippen LogP contribution in [0.25, 0.3) is 11.1 Å². The average molecular weight is 463 g/mol. The van der Waals surface area contributed by atoms with Gasteiger partial charge in [-0.1, -0.05) is 46.3 Å². The van der Waals surface area contributed by atoms with Crippen molar-refractivity contribution in [2.45, 2.75) is 32.4 Å². The summed E-state index contributed by atoms with van der Waals surface area (Å²) in [6.45, 7) is 2.49. The normalized spacial score (nSPS) is 13.0. The maximum atomic E-state index is 12.5. The number of aryl methyl sites for hydroxylation is 1. The van der Waals surface area contributed by atoms with Gasteiger partial charge in [-0.2, -0.15) is 0 Å². The molecule has 152 valence electrons. The Hall–Kier alpha value is -2.92. The molecule has 3 aromatic rings. The van der Waals surface area contributed by atoms with Crippen LogP contribution in [0.4, 0.5) is 0 Å². The Morgan fingerprint density at radius 1 is 0.933 bits per heavy atom. The van der Waals surface area contributed by atoms with E-state index in [0.717, 1.165) is 39.6 Å². The highest BCUT2D eigenvalue weighted by molar-refractivity contribution is 9.10. The molecule has 0 atom stereocenters. The maximum absolute atomic E-state index is 12.5. The molecule has 5 heteroatoms. The molecular formula is C25H23BrN2O2. The van der Waals surface area contributed by atoms with E-state index in [1.165, 1.54) is 0 Å². The van der Waals surface area contributed by atoms with Crippen molar-refractivity contribution in [3.05, 3.63) is 93.5 Å². The summed E-state index contributed by atoms with van der Waals surface area (Å²) in [5.74, 6) is -0.141. The fourth-order valence-electron chi connectivity index (χ4n) is 3.30. The van der Waals surface area contributed by atoms with E-state index in [4.69, 9.17) is 0 Å². The van der Waals surface area contributed by atoms with E-state index in [-0.39, 0.29) is 11.8 Å². The lowest BCUT2D eigenvalue weighted by atomic mass is 9.97. The molecule has 2 N–H and O–H groups in total. The Labute approximate surface area is 184 Å². The molecule has 0 aromatic heterocycles. The van der Waals surface area contributed by atoms with Crippen LogP contribution >= 0.6 is 15.9 Å². The van der Waals surface area contributed by atoms with Crippen molar-refractivity contribution in [2.24, 2.45) is 0 Å². The monoisotopic (exact) mass is 462 g/mol. The predicted molar refractivity (Wildman–Crippen MR) is 122 cm³/mol. The first-order chi connectivity index (χ1) is 14.5. The SMILES string of the molecule is Cc1ccc(C(=O)NC2CC2)cc1-c1ccc(C(=O)NCc2cccc(Br)c2)cc1. The van der Waals surface area contributed by atoms with E-state index in [1.54, 1.807) is 0 Å². The molecule has 4 nitrogen and oxygen atoms in total. The van der Waals surface area contributed by atoms with Gasteiger partial charge in [-0.25, -0.2) is 0 Å². The zero-order valence-corrected chi connectivity index (χ0v) is 18.3. The Morgan fingerprint density at radius 3 is 2.37 bits per heavy atom. The molecule has 0 radical (unpaired) electrons. The van der Waals surface area contributed by atoms with Crippen LogP contribution in [0.2, 0.25) is 0 Å².